The Bertz CT molecular complexity index is 686. The van der Waals surface area contributed by atoms with E-state index in [4.69, 9.17) is 9.47 Å². The number of pyridine rings is 1. The molecule has 0 bridgehead atoms. The molecule has 0 atom stereocenters. The largest absolute Gasteiger partial charge is 0.495 e. The molecule has 0 spiro atoms. The predicted molar refractivity (Wildman–Crippen MR) is 85.9 cm³/mol. The van der Waals surface area contributed by atoms with Gasteiger partial charge in [-0.05, 0) is 42.8 Å². The third kappa shape index (κ3) is 4.81. The van der Waals surface area contributed by atoms with E-state index >= 15 is 0 Å². The number of methoxy groups -OCH3 is 1. The first kappa shape index (κ1) is 16.5. The van der Waals surface area contributed by atoms with Crippen LogP contribution in [0.4, 0.5) is 10.5 Å². The molecular formula is C17H18N2O4. The summed E-state index contributed by atoms with van der Waals surface area (Å²) < 4.78 is 10.3. The van der Waals surface area contributed by atoms with Gasteiger partial charge in [0, 0.05) is 24.4 Å². The third-order valence-electron chi connectivity index (χ3n) is 3.22. The molecule has 0 fully saturated rings. The number of Topliss-reactive ketones (excluding diaryl/α,β-unsaturated/α-hetero) is 1. The Morgan fingerprint density at radius 3 is 2.57 bits per heavy atom. The van der Waals surface area contributed by atoms with Gasteiger partial charge in [0.15, 0.2) is 5.78 Å². The van der Waals surface area contributed by atoms with E-state index in [1.54, 1.807) is 30.6 Å². The summed E-state index contributed by atoms with van der Waals surface area (Å²) >= 11 is 0. The fraction of sp³-hybridized carbons (Fsp3) is 0.235. The maximum atomic E-state index is 11.8. The first-order valence-corrected chi connectivity index (χ1v) is 7.12. The number of carbonyl (C=O) groups excluding carboxylic acids is 2. The lowest BCUT2D eigenvalue weighted by Crippen LogP contribution is -2.16. The molecule has 23 heavy (non-hydrogen) atoms. The average molecular weight is 314 g/mol. The lowest BCUT2D eigenvalue weighted by atomic mass is 10.1. The Labute approximate surface area is 134 Å². The number of carbonyl (C=O) groups is 2. The van der Waals surface area contributed by atoms with Crippen molar-refractivity contribution in [1.82, 2.24) is 4.98 Å². The van der Waals surface area contributed by atoms with Gasteiger partial charge in [0.05, 0.1) is 19.4 Å². The van der Waals surface area contributed by atoms with E-state index in [0.29, 0.717) is 23.4 Å². The average Bonchev–Trinajstić information content (AvgIpc) is 2.56. The molecule has 0 aliphatic rings. The minimum Gasteiger partial charge on any atom is -0.495 e. The Kier molecular flexibility index (Phi) is 5.68. The monoisotopic (exact) mass is 314 g/mol. The SMILES string of the molecule is COc1cc(C(C)=O)ccc1NC(=O)OCCc1ccncc1. The summed E-state index contributed by atoms with van der Waals surface area (Å²) in [6.07, 6.45) is 3.41. The van der Waals surface area contributed by atoms with Crippen LogP contribution in [0.1, 0.15) is 22.8 Å². The van der Waals surface area contributed by atoms with E-state index in [9.17, 15) is 9.59 Å². The highest BCUT2D eigenvalue weighted by Gasteiger charge is 2.11. The molecule has 0 aliphatic heterocycles. The molecule has 0 saturated heterocycles. The summed E-state index contributed by atoms with van der Waals surface area (Å²) in [6.45, 7) is 1.72. The van der Waals surface area contributed by atoms with Crippen LogP contribution in [-0.2, 0) is 11.2 Å². The molecule has 1 heterocycles. The molecule has 6 heteroatoms. The van der Waals surface area contributed by atoms with Crippen LogP contribution in [0, 0.1) is 0 Å². The van der Waals surface area contributed by atoms with E-state index < -0.39 is 6.09 Å². The van der Waals surface area contributed by atoms with Gasteiger partial charge < -0.3 is 9.47 Å². The number of nitrogens with one attached hydrogen (secondary N) is 1. The van der Waals surface area contributed by atoms with Gasteiger partial charge in [-0.3, -0.25) is 15.1 Å². The van der Waals surface area contributed by atoms with Crippen LogP contribution in [0.5, 0.6) is 5.75 Å². The number of ketones is 1. The molecule has 0 unspecified atom stereocenters. The number of rotatable bonds is 6. The first-order chi connectivity index (χ1) is 11.1. The van der Waals surface area contributed by atoms with Crippen molar-refractivity contribution in [2.24, 2.45) is 0 Å². The number of nitrogens with zero attached hydrogens (tertiary/aromatic N) is 1. The van der Waals surface area contributed by atoms with Crippen LogP contribution in [0.25, 0.3) is 0 Å². The molecule has 1 N–H and O–H groups in total. The van der Waals surface area contributed by atoms with Crippen molar-refractivity contribution in [3.05, 3.63) is 53.9 Å². The Balaban J connectivity index is 1.91. The minimum absolute atomic E-state index is 0.0743. The van der Waals surface area contributed by atoms with Crippen molar-refractivity contribution >= 4 is 17.6 Å². The molecule has 1 aromatic heterocycles. The van der Waals surface area contributed by atoms with Crippen LogP contribution in [0.15, 0.2) is 42.7 Å². The number of hydrogen-bond donors (Lipinski definition) is 1. The van der Waals surface area contributed by atoms with Gasteiger partial charge in [0.25, 0.3) is 0 Å². The van der Waals surface area contributed by atoms with E-state index in [1.165, 1.54) is 14.0 Å². The minimum atomic E-state index is -0.576. The molecule has 0 saturated carbocycles. The van der Waals surface area contributed by atoms with Crippen LogP contribution in [0.2, 0.25) is 0 Å². The summed E-state index contributed by atoms with van der Waals surface area (Å²) in [5.41, 5.74) is 2.00. The zero-order valence-electron chi connectivity index (χ0n) is 13.0. The second-order valence-corrected chi connectivity index (χ2v) is 4.84. The first-order valence-electron chi connectivity index (χ1n) is 7.12. The molecule has 2 aromatic rings. The maximum Gasteiger partial charge on any atom is 0.411 e. The lowest BCUT2D eigenvalue weighted by Gasteiger charge is -2.11. The molecule has 0 radical (unpaired) electrons. The normalized spacial score (nSPS) is 10.0. The van der Waals surface area contributed by atoms with E-state index in [0.717, 1.165) is 5.56 Å². The van der Waals surface area contributed by atoms with Crippen molar-refractivity contribution in [3.8, 4) is 5.75 Å². The number of ether oxygens (including phenoxy) is 2. The zero-order chi connectivity index (χ0) is 16.7. The highest BCUT2D eigenvalue weighted by molar-refractivity contribution is 5.96. The van der Waals surface area contributed by atoms with Crippen LogP contribution < -0.4 is 10.1 Å². The van der Waals surface area contributed by atoms with Crippen molar-refractivity contribution in [2.75, 3.05) is 19.0 Å². The molecule has 2 rings (SSSR count). The Morgan fingerprint density at radius 1 is 1.17 bits per heavy atom. The van der Waals surface area contributed by atoms with E-state index in [1.807, 2.05) is 12.1 Å². The van der Waals surface area contributed by atoms with Gasteiger partial charge in [-0.25, -0.2) is 4.79 Å². The second-order valence-electron chi connectivity index (χ2n) is 4.84. The molecule has 1 aromatic carbocycles. The van der Waals surface area contributed by atoms with Gasteiger partial charge >= 0.3 is 6.09 Å². The standard InChI is InChI=1S/C17H18N2O4/c1-12(20)14-3-4-15(16(11-14)22-2)19-17(21)23-10-7-13-5-8-18-9-6-13/h3-6,8-9,11H,7,10H2,1-2H3,(H,19,21). The smallest absolute Gasteiger partial charge is 0.411 e. The van der Waals surface area contributed by atoms with Crippen molar-refractivity contribution < 1.29 is 19.1 Å². The van der Waals surface area contributed by atoms with Gasteiger partial charge in [0.2, 0.25) is 0 Å². The number of anilines is 1. The molecule has 6 nitrogen and oxygen atoms in total. The van der Waals surface area contributed by atoms with E-state index in [2.05, 4.69) is 10.3 Å². The summed E-state index contributed by atoms with van der Waals surface area (Å²) in [6, 6.07) is 8.54. The van der Waals surface area contributed by atoms with Crippen molar-refractivity contribution in [3.63, 3.8) is 0 Å². The van der Waals surface area contributed by atoms with Crippen molar-refractivity contribution in [1.29, 1.82) is 0 Å². The van der Waals surface area contributed by atoms with Gasteiger partial charge in [-0.1, -0.05) is 0 Å². The highest BCUT2D eigenvalue weighted by Crippen LogP contribution is 2.25. The zero-order valence-corrected chi connectivity index (χ0v) is 13.0. The number of aromatic nitrogens is 1. The van der Waals surface area contributed by atoms with Crippen LogP contribution in [0.3, 0.4) is 0 Å². The van der Waals surface area contributed by atoms with Crippen molar-refractivity contribution in [2.45, 2.75) is 13.3 Å². The molecule has 120 valence electrons. The molecule has 1 amide bonds. The predicted octanol–water partition coefficient (Wildman–Crippen LogP) is 3.08. The highest BCUT2D eigenvalue weighted by atomic mass is 16.5. The van der Waals surface area contributed by atoms with E-state index in [-0.39, 0.29) is 12.4 Å². The quantitative estimate of drug-likeness (QED) is 0.829. The molecule has 0 aliphatic carbocycles. The summed E-state index contributed by atoms with van der Waals surface area (Å²) in [5, 5.41) is 2.60. The number of amides is 1. The summed E-state index contributed by atoms with van der Waals surface area (Å²) in [5.74, 6) is 0.332. The number of benzene rings is 1. The summed E-state index contributed by atoms with van der Waals surface area (Å²) in [4.78, 5) is 27.1. The van der Waals surface area contributed by atoms with Gasteiger partial charge in [0.1, 0.15) is 5.75 Å². The third-order valence-corrected chi connectivity index (χ3v) is 3.22. The Morgan fingerprint density at radius 2 is 1.91 bits per heavy atom. The van der Waals surface area contributed by atoms with Crippen LogP contribution >= 0.6 is 0 Å². The fourth-order valence-electron chi connectivity index (χ4n) is 1.97. The fourth-order valence-corrected chi connectivity index (χ4v) is 1.97. The Hall–Kier alpha value is -2.89. The second kappa shape index (κ2) is 7.93. The van der Waals surface area contributed by atoms with Crippen LogP contribution in [-0.4, -0.2) is 30.6 Å². The number of hydrogen-bond acceptors (Lipinski definition) is 5. The summed E-state index contributed by atoms with van der Waals surface area (Å²) in [7, 11) is 1.47. The molecular weight excluding hydrogens is 296 g/mol. The maximum absolute atomic E-state index is 11.8. The lowest BCUT2D eigenvalue weighted by molar-refractivity contribution is 0.101. The van der Waals surface area contributed by atoms with Gasteiger partial charge in [-0.15, -0.1) is 0 Å². The topological polar surface area (TPSA) is 77.5 Å². The van der Waals surface area contributed by atoms with Gasteiger partial charge in [-0.2, -0.15) is 0 Å².